The van der Waals surface area contributed by atoms with Crippen LogP contribution in [0.1, 0.15) is 15.9 Å². The summed E-state index contributed by atoms with van der Waals surface area (Å²) < 4.78 is 10.5. The van der Waals surface area contributed by atoms with Crippen molar-refractivity contribution in [2.45, 2.75) is 6.92 Å². The van der Waals surface area contributed by atoms with Gasteiger partial charge in [-0.25, -0.2) is 0 Å². The molecule has 1 amide bonds. The van der Waals surface area contributed by atoms with Crippen LogP contribution in [0.3, 0.4) is 0 Å². The van der Waals surface area contributed by atoms with E-state index in [2.05, 4.69) is 15.5 Å². The molecule has 0 fully saturated rings. The molecule has 0 aliphatic rings. The number of nitrogens with one attached hydrogen (secondary N) is 1. The number of nitrogens with zero attached hydrogens (tertiary/aromatic N) is 3. The Morgan fingerprint density at radius 1 is 0.935 bits per heavy atom. The third-order valence-electron chi connectivity index (χ3n) is 4.75. The van der Waals surface area contributed by atoms with Crippen LogP contribution in [0.25, 0.3) is 16.7 Å². The van der Waals surface area contributed by atoms with E-state index in [0.717, 1.165) is 5.56 Å². The first kappa shape index (κ1) is 21.0. The minimum atomic E-state index is -0.337. The summed E-state index contributed by atoms with van der Waals surface area (Å²) in [4.78, 5) is 14.3. The van der Waals surface area contributed by atoms with Crippen LogP contribution in [0.4, 0.5) is 5.69 Å². The molecule has 9 heteroatoms. The maximum absolute atomic E-state index is 12.8. The number of ether oxygens (including phenoxy) is 2. The lowest BCUT2D eigenvalue weighted by Crippen LogP contribution is -2.14. The van der Waals surface area contributed by atoms with Crippen LogP contribution in [-0.2, 0) is 0 Å². The van der Waals surface area contributed by atoms with E-state index < -0.39 is 0 Å². The molecule has 0 atom stereocenters. The number of carbonyl (C=O) groups is 1. The normalized spacial score (nSPS) is 10.9. The fraction of sp³-hybridized carbons (Fsp3) is 0.136. The van der Waals surface area contributed by atoms with E-state index in [1.54, 1.807) is 43.5 Å². The van der Waals surface area contributed by atoms with Gasteiger partial charge in [0.05, 0.1) is 30.5 Å². The monoisotopic (exact) mass is 456 g/mol. The Hall–Kier alpha value is -3.29. The standard InChI is InChI=1S/C22H18Cl2N4O3/c1-12-8-18-19(27-28(26-18)14-5-7-21(31-3)16(24)10-14)11-17(12)25-22(29)15-9-13(23)4-6-20(15)30-2/h4-11H,1-3H3,(H,25,29). The number of halogens is 2. The van der Waals surface area contributed by atoms with E-state index in [1.165, 1.54) is 11.9 Å². The second-order valence-electron chi connectivity index (χ2n) is 6.76. The molecule has 7 nitrogen and oxygen atoms in total. The molecule has 1 aromatic heterocycles. The Morgan fingerprint density at radius 2 is 1.61 bits per heavy atom. The molecular formula is C22H18Cl2N4O3. The molecular weight excluding hydrogens is 439 g/mol. The Kier molecular flexibility index (Phi) is 5.71. The van der Waals surface area contributed by atoms with Crippen molar-refractivity contribution in [1.29, 1.82) is 0 Å². The predicted molar refractivity (Wildman–Crippen MR) is 121 cm³/mol. The van der Waals surface area contributed by atoms with Gasteiger partial charge in [0.1, 0.15) is 22.5 Å². The number of hydrogen-bond donors (Lipinski definition) is 1. The second-order valence-corrected chi connectivity index (χ2v) is 7.61. The molecule has 1 heterocycles. The molecule has 0 spiro atoms. The van der Waals surface area contributed by atoms with Crippen molar-refractivity contribution in [3.63, 3.8) is 0 Å². The lowest BCUT2D eigenvalue weighted by Gasteiger charge is -2.11. The van der Waals surface area contributed by atoms with Crippen molar-refractivity contribution in [3.8, 4) is 17.2 Å². The van der Waals surface area contributed by atoms with Crippen LogP contribution < -0.4 is 14.8 Å². The molecule has 0 unspecified atom stereocenters. The number of amides is 1. The van der Waals surface area contributed by atoms with Crippen molar-refractivity contribution in [2.75, 3.05) is 19.5 Å². The van der Waals surface area contributed by atoms with Crippen LogP contribution >= 0.6 is 23.2 Å². The first-order valence-corrected chi connectivity index (χ1v) is 10.0. The highest BCUT2D eigenvalue weighted by Crippen LogP contribution is 2.28. The number of anilines is 1. The maximum atomic E-state index is 12.8. The molecule has 0 radical (unpaired) electrons. The van der Waals surface area contributed by atoms with E-state index in [0.29, 0.717) is 49.5 Å². The summed E-state index contributed by atoms with van der Waals surface area (Å²) in [5.74, 6) is 0.665. The van der Waals surface area contributed by atoms with Crippen LogP contribution in [-0.4, -0.2) is 35.1 Å². The number of fused-ring (bicyclic) bond motifs is 1. The molecule has 0 bridgehead atoms. The summed E-state index contributed by atoms with van der Waals surface area (Å²) in [7, 11) is 3.06. The topological polar surface area (TPSA) is 78.3 Å². The molecule has 0 aliphatic heterocycles. The SMILES string of the molecule is COc1ccc(-n2nc3cc(C)c(NC(=O)c4cc(Cl)ccc4OC)cc3n2)cc1Cl. The van der Waals surface area contributed by atoms with E-state index >= 15 is 0 Å². The van der Waals surface area contributed by atoms with Crippen molar-refractivity contribution < 1.29 is 14.3 Å². The summed E-state index contributed by atoms with van der Waals surface area (Å²) in [6, 6.07) is 13.8. The minimum Gasteiger partial charge on any atom is -0.496 e. The third kappa shape index (κ3) is 4.15. The van der Waals surface area contributed by atoms with Gasteiger partial charge in [0.25, 0.3) is 5.91 Å². The molecule has 158 valence electrons. The number of aryl methyl sites for hydroxylation is 1. The van der Waals surface area contributed by atoms with E-state index in [-0.39, 0.29) is 5.91 Å². The summed E-state index contributed by atoms with van der Waals surface area (Å²) in [6.45, 7) is 1.88. The Bertz CT molecular complexity index is 1300. The number of hydrogen-bond acceptors (Lipinski definition) is 5. The highest BCUT2D eigenvalue weighted by molar-refractivity contribution is 6.32. The largest absolute Gasteiger partial charge is 0.496 e. The van der Waals surface area contributed by atoms with Gasteiger partial charge in [0, 0.05) is 10.7 Å². The van der Waals surface area contributed by atoms with Crippen LogP contribution in [0.15, 0.2) is 48.5 Å². The van der Waals surface area contributed by atoms with Crippen LogP contribution in [0, 0.1) is 6.92 Å². The summed E-state index contributed by atoms with van der Waals surface area (Å²) in [6.07, 6.45) is 0. The summed E-state index contributed by atoms with van der Waals surface area (Å²) in [5.41, 5.74) is 3.77. The highest BCUT2D eigenvalue weighted by Gasteiger charge is 2.16. The van der Waals surface area contributed by atoms with Crippen LogP contribution in [0.2, 0.25) is 10.0 Å². The van der Waals surface area contributed by atoms with Crippen molar-refractivity contribution in [1.82, 2.24) is 15.0 Å². The Labute approximate surface area is 188 Å². The predicted octanol–water partition coefficient (Wildman–Crippen LogP) is 5.31. The molecule has 1 N–H and O–H groups in total. The lowest BCUT2D eigenvalue weighted by atomic mass is 10.1. The third-order valence-corrected chi connectivity index (χ3v) is 5.28. The lowest BCUT2D eigenvalue weighted by molar-refractivity contribution is 0.102. The number of rotatable bonds is 5. The number of methoxy groups -OCH3 is 2. The van der Waals surface area contributed by atoms with Crippen LogP contribution in [0.5, 0.6) is 11.5 Å². The summed E-state index contributed by atoms with van der Waals surface area (Å²) in [5, 5.41) is 12.8. The van der Waals surface area contributed by atoms with Crippen molar-refractivity contribution in [3.05, 3.63) is 69.7 Å². The number of carbonyl (C=O) groups excluding carboxylic acids is 1. The molecule has 31 heavy (non-hydrogen) atoms. The molecule has 0 saturated heterocycles. The van der Waals surface area contributed by atoms with Gasteiger partial charge in [-0.1, -0.05) is 23.2 Å². The fourth-order valence-corrected chi connectivity index (χ4v) is 3.57. The smallest absolute Gasteiger partial charge is 0.259 e. The van der Waals surface area contributed by atoms with Gasteiger partial charge in [-0.15, -0.1) is 10.2 Å². The van der Waals surface area contributed by atoms with Gasteiger partial charge in [-0.2, -0.15) is 4.80 Å². The van der Waals surface area contributed by atoms with E-state index in [1.807, 2.05) is 19.1 Å². The minimum absolute atomic E-state index is 0.337. The van der Waals surface area contributed by atoms with Crippen molar-refractivity contribution >= 4 is 45.8 Å². The average molecular weight is 457 g/mol. The number of aromatic nitrogens is 3. The average Bonchev–Trinajstić information content (AvgIpc) is 3.16. The zero-order valence-corrected chi connectivity index (χ0v) is 18.5. The van der Waals surface area contributed by atoms with Gasteiger partial charge >= 0.3 is 0 Å². The zero-order chi connectivity index (χ0) is 22.1. The number of benzene rings is 3. The first-order valence-electron chi connectivity index (χ1n) is 9.26. The van der Waals surface area contributed by atoms with Gasteiger partial charge < -0.3 is 14.8 Å². The maximum Gasteiger partial charge on any atom is 0.259 e. The van der Waals surface area contributed by atoms with E-state index in [4.69, 9.17) is 32.7 Å². The second kappa shape index (κ2) is 8.45. The molecule has 4 aromatic rings. The molecule has 3 aromatic carbocycles. The quantitative estimate of drug-likeness (QED) is 0.440. The zero-order valence-electron chi connectivity index (χ0n) is 16.9. The molecule has 4 rings (SSSR count). The highest BCUT2D eigenvalue weighted by atomic mass is 35.5. The Morgan fingerprint density at radius 3 is 2.29 bits per heavy atom. The first-order chi connectivity index (χ1) is 14.9. The van der Waals surface area contributed by atoms with Crippen molar-refractivity contribution in [2.24, 2.45) is 0 Å². The summed E-state index contributed by atoms with van der Waals surface area (Å²) >= 11 is 12.3. The van der Waals surface area contributed by atoms with Gasteiger partial charge in [-0.3, -0.25) is 4.79 Å². The van der Waals surface area contributed by atoms with Gasteiger partial charge in [0.15, 0.2) is 0 Å². The fourth-order valence-electron chi connectivity index (χ4n) is 3.15. The van der Waals surface area contributed by atoms with Gasteiger partial charge in [0.2, 0.25) is 0 Å². The van der Waals surface area contributed by atoms with Gasteiger partial charge in [-0.05, 0) is 61.0 Å². The van der Waals surface area contributed by atoms with E-state index in [9.17, 15) is 4.79 Å². The Balaban J connectivity index is 1.67. The molecule has 0 saturated carbocycles. The molecule has 0 aliphatic carbocycles.